The van der Waals surface area contributed by atoms with Crippen molar-refractivity contribution in [2.75, 3.05) is 12.4 Å². The van der Waals surface area contributed by atoms with E-state index in [-0.39, 0.29) is 4.90 Å². The van der Waals surface area contributed by atoms with E-state index in [2.05, 4.69) is 41.2 Å². The molecule has 0 amide bonds. The van der Waals surface area contributed by atoms with Crippen molar-refractivity contribution in [3.63, 3.8) is 0 Å². The van der Waals surface area contributed by atoms with E-state index in [1.165, 1.54) is 18.2 Å². The van der Waals surface area contributed by atoms with Crippen LogP contribution in [0.1, 0.15) is 11.1 Å². The lowest BCUT2D eigenvalue weighted by Gasteiger charge is -2.08. The molecule has 2 aromatic carbocycles. The molecule has 0 aromatic heterocycles. The molecule has 0 fully saturated rings. The number of nitrogens with one attached hydrogen (secondary N) is 2. The van der Waals surface area contributed by atoms with Crippen LogP contribution in [0, 0.1) is 6.92 Å². The maximum atomic E-state index is 11.6. The molecule has 4 nitrogen and oxygen atoms in total. The van der Waals surface area contributed by atoms with Crippen molar-refractivity contribution in [3.8, 4) is 0 Å². The van der Waals surface area contributed by atoms with Gasteiger partial charge < -0.3 is 5.32 Å². The van der Waals surface area contributed by atoms with E-state index in [4.69, 9.17) is 0 Å². The summed E-state index contributed by atoms with van der Waals surface area (Å²) < 4.78 is 25.5. The molecular formula is C15H18N2O2S. The quantitative estimate of drug-likeness (QED) is 0.889. The zero-order valence-corrected chi connectivity index (χ0v) is 12.4. The molecule has 2 rings (SSSR count). The fraction of sp³-hybridized carbons (Fsp3) is 0.200. The molecule has 2 N–H and O–H groups in total. The average Bonchev–Trinajstić information content (AvgIpc) is 2.47. The van der Waals surface area contributed by atoms with E-state index >= 15 is 0 Å². The summed E-state index contributed by atoms with van der Waals surface area (Å²) in [5, 5.41) is 3.26. The van der Waals surface area contributed by atoms with Gasteiger partial charge in [-0.3, -0.25) is 0 Å². The molecule has 0 unspecified atom stereocenters. The SMILES string of the molecule is CNS(=O)(=O)c1ccc(NCc2ccc(C)cc2)cc1. The minimum absolute atomic E-state index is 0.265. The maximum Gasteiger partial charge on any atom is 0.240 e. The number of sulfonamides is 1. The summed E-state index contributed by atoms with van der Waals surface area (Å²) >= 11 is 0. The van der Waals surface area contributed by atoms with Crippen molar-refractivity contribution >= 4 is 15.7 Å². The Hall–Kier alpha value is -1.85. The van der Waals surface area contributed by atoms with E-state index in [0.29, 0.717) is 6.54 Å². The van der Waals surface area contributed by atoms with Gasteiger partial charge in [0, 0.05) is 12.2 Å². The molecule has 0 atom stereocenters. The van der Waals surface area contributed by atoms with Gasteiger partial charge in [-0.2, -0.15) is 0 Å². The van der Waals surface area contributed by atoms with Gasteiger partial charge in [0.1, 0.15) is 0 Å². The third kappa shape index (κ3) is 3.59. The second-order valence-corrected chi connectivity index (χ2v) is 6.46. The van der Waals surface area contributed by atoms with Gasteiger partial charge in [-0.05, 0) is 43.8 Å². The van der Waals surface area contributed by atoms with Crippen LogP contribution in [0.3, 0.4) is 0 Å². The normalized spacial score (nSPS) is 11.3. The van der Waals surface area contributed by atoms with Crippen molar-refractivity contribution in [2.45, 2.75) is 18.4 Å². The molecule has 0 saturated heterocycles. The summed E-state index contributed by atoms with van der Waals surface area (Å²) in [5.41, 5.74) is 3.30. The predicted molar refractivity (Wildman–Crippen MR) is 81.2 cm³/mol. The Labute approximate surface area is 119 Å². The second kappa shape index (κ2) is 6.07. The lowest BCUT2D eigenvalue weighted by atomic mass is 10.1. The Kier molecular flexibility index (Phi) is 4.42. The maximum absolute atomic E-state index is 11.6. The van der Waals surface area contributed by atoms with Gasteiger partial charge in [-0.15, -0.1) is 0 Å². The molecule has 20 heavy (non-hydrogen) atoms. The van der Waals surface area contributed by atoms with Crippen molar-refractivity contribution < 1.29 is 8.42 Å². The lowest BCUT2D eigenvalue weighted by molar-refractivity contribution is 0.588. The van der Waals surface area contributed by atoms with Crippen LogP contribution in [0.25, 0.3) is 0 Å². The van der Waals surface area contributed by atoms with Crippen LogP contribution in [0.15, 0.2) is 53.4 Å². The van der Waals surface area contributed by atoms with Crippen LogP contribution in [0.5, 0.6) is 0 Å². The van der Waals surface area contributed by atoms with Gasteiger partial charge in [0.05, 0.1) is 4.90 Å². The van der Waals surface area contributed by atoms with Gasteiger partial charge in [0.2, 0.25) is 10.0 Å². The molecule has 2 aromatic rings. The summed E-state index contributed by atoms with van der Waals surface area (Å²) in [6.45, 7) is 2.76. The smallest absolute Gasteiger partial charge is 0.240 e. The number of hydrogen-bond acceptors (Lipinski definition) is 3. The first-order chi connectivity index (χ1) is 9.51. The Balaban J connectivity index is 2.03. The Morgan fingerprint density at radius 3 is 2.10 bits per heavy atom. The molecular weight excluding hydrogens is 272 g/mol. The summed E-state index contributed by atoms with van der Waals surface area (Å²) in [4.78, 5) is 0.265. The Morgan fingerprint density at radius 2 is 1.55 bits per heavy atom. The third-order valence-corrected chi connectivity index (χ3v) is 4.48. The minimum Gasteiger partial charge on any atom is -0.381 e. The lowest BCUT2D eigenvalue weighted by Crippen LogP contribution is -2.18. The average molecular weight is 290 g/mol. The van der Waals surface area contributed by atoms with Gasteiger partial charge in [-0.25, -0.2) is 13.1 Å². The van der Waals surface area contributed by atoms with Crippen LogP contribution in [0.4, 0.5) is 5.69 Å². The summed E-state index contributed by atoms with van der Waals surface area (Å²) in [6.07, 6.45) is 0. The topological polar surface area (TPSA) is 58.2 Å². The van der Waals surface area contributed by atoms with Crippen molar-refractivity contribution in [2.24, 2.45) is 0 Å². The standard InChI is InChI=1S/C15H18N2O2S/c1-12-3-5-13(6-4-12)11-17-14-7-9-15(10-8-14)20(18,19)16-2/h3-10,16-17H,11H2,1-2H3. The van der Waals surface area contributed by atoms with Crippen LogP contribution < -0.4 is 10.0 Å². The first kappa shape index (κ1) is 14.6. The molecule has 0 aliphatic heterocycles. The molecule has 5 heteroatoms. The highest BCUT2D eigenvalue weighted by Gasteiger charge is 2.10. The van der Waals surface area contributed by atoms with Crippen molar-refractivity contribution in [1.29, 1.82) is 0 Å². The zero-order valence-electron chi connectivity index (χ0n) is 11.6. The van der Waals surface area contributed by atoms with Gasteiger partial charge in [-0.1, -0.05) is 29.8 Å². The van der Waals surface area contributed by atoms with Crippen molar-refractivity contribution in [3.05, 3.63) is 59.7 Å². The highest BCUT2D eigenvalue weighted by Crippen LogP contribution is 2.14. The van der Waals surface area contributed by atoms with E-state index in [1.54, 1.807) is 24.3 Å². The van der Waals surface area contributed by atoms with Crippen molar-refractivity contribution in [1.82, 2.24) is 4.72 Å². The van der Waals surface area contributed by atoms with E-state index in [1.807, 2.05) is 0 Å². The number of anilines is 1. The largest absolute Gasteiger partial charge is 0.381 e. The fourth-order valence-electron chi connectivity index (χ4n) is 1.78. The highest BCUT2D eigenvalue weighted by molar-refractivity contribution is 7.89. The van der Waals surface area contributed by atoms with E-state index in [0.717, 1.165) is 5.69 Å². The summed E-state index contributed by atoms with van der Waals surface area (Å²) in [7, 11) is -1.96. The molecule has 0 aliphatic rings. The number of aryl methyl sites for hydroxylation is 1. The number of rotatable bonds is 5. The van der Waals surface area contributed by atoms with Crippen LogP contribution in [-0.4, -0.2) is 15.5 Å². The molecule has 0 heterocycles. The molecule has 0 bridgehead atoms. The van der Waals surface area contributed by atoms with Gasteiger partial charge >= 0.3 is 0 Å². The van der Waals surface area contributed by atoms with Gasteiger partial charge in [0.25, 0.3) is 0 Å². The molecule has 0 spiro atoms. The van der Waals surface area contributed by atoms with Crippen LogP contribution in [0.2, 0.25) is 0 Å². The summed E-state index contributed by atoms with van der Waals surface area (Å²) in [6, 6.07) is 15.0. The van der Waals surface area contributed by atoms with E-state index < -0.39 is 10.0 Å². The number of hydrogen-bond donors (Lipinski definition) is 2. The zero-order chi connectivity index (χ0) is 14.6. The van der Waals surface area contributed by atoms with E-state index in [9.17, 15) is 8.42 Å². The molecule has 0 aliphatic carbocycles. The first-order valence-electron chi connectivity index (χ1n) is 6.34. The second-order valence-electron chi connectivity index (χ2n) is 4.57. The Morgan fingerprint density at radius 1 is 0.950 bits per heavy atom. The third-order valence-electron chi connectivity index (χ3n) is 3.05. The highest BCUT2D eigenvalue weighted by atomic mass is 32.2. The van der Waals surface area contributed by atoms with Gasteiger partial charge in [0.15, 0.2) is 0 Å². The Bertz CT molecular complexity index is 662. The monoisotopic (exact) mass is 290 g/mol. The summed E-state index contributed by atoms with van der Waals surface area (Å²) in [5.74, 6) is 0. The molecule has 0 radical (unpaired) electrons. The molecule has 0 saturated carbocycles. The van der Waals surface area contributed by atoms with Crippen LogP contribution in [-0.2, 0) is 16.6 Å². The van der Waals surface area contributed by atoms with Crippen LogP contribution >= 0.6 is 0 Å². The first-order valence-corrected chi connectivity index (χ1v) is 7.82. The minimum atomic E-state index is -3.36. The predicted octanol–water partition coefficient (Wildman–Crippen LogP) is 2.52. The fourth-order valence-corrected chi connectivity index (χ4v) is 2.51. The number of benzene rings is 2. The molecule has 106 valence electrons.